The van der Waals surface area contributed by atoms with E-state index >= 15 is 0 Å². The number of alkyl halides is 3. The van der Waals surface area contributed by atoms with E-state index in [4.69, 9.17) is 9.47 Å². The summed E-state index contributed by atoms with van der Waals surface area (Å²) in [5.74, 6) is 0.536. The summed E-state index contributed by atoms with van der Waals surface area (Å²) in [7, 11) is 1.33. The fourth-order valence-electron chi connectivity index (χ4n) is 5.81. The standard InChI is InChI=1S/C26H29F3N2O4/c1-25(2,3)22-13-35-21-10-14(16-6-5-15(34-4)11-19(16)26(27,28)29)9-17-18-12-30(24(32)33)8-7-20(18)31(22)23(17)21/h5-6,9-11,18,20,22H,7-8,12-13H2,1-4H3,(H,32,33)/t18-,20-,22?/m0/s1. The average molecular weight is 491 g/mol. The molecule has 6 nitrogen and oxygen atoms in total. The summed E-state index contributed by atoms with van der Waals surface area (Å²) >= 11 is 0. The van der Waals surface area contributed by atoms with Gasteiger partial charge in [-0.2, -0.15) is 13.2 Å². The normalized spacial score (nSPS) is 23.5. The number of anilines is 1. The zero-order valence-corrected chi connectivity index (χ0v) is 20.1. The van der Waals surface area contributed by atoms with Crippen LogP contribution in [0.25, 0.3) is 11.1 Å². The van der Waals surface area contributed by atoms with Crippen molar-refractivity contribution in [2.75, 3.05) is 31.7 Å². The molecule has 1 amide bonds. The molecule has 2 aromatic rings. The van der Waals surface area contributed by atoms with Crippen LogP contribution in [0.4, 0.5) is 23.7 Å². The smallest absolute Gasteiger partial charge is 0.417 e. The lowest BCUT2D eigenvalue weighted by molar-refractivity contribution is -0.137. The highest BCUT2D eigenvalue weighted by atomic mass is 19.4. The van der Waals surface area contributed by atoms with Crippen LogP contribution in [0.2, 0.25) is 0 Å². The molecule has 1 unspecified atom stereocenters. The first-order valence-electron chi connectivity index (χ1n) is 11.7. The summed E-state index contributed by atoms with van der Waals surface area (Å²) in [5.41, 5.74) is 1.30. The molecule has 1 saturated heterocycles. The first-order valence-corrected chi connectivity index (χ1v) is 11.7. The maximum absolute atomic E-state index is 14.0. The Hall–Kier alpha value is -3.10. The number of carbonyl (C=O) groups is 1. The Morgan fingerprint density at radius 2 is 1.91 bits per heavy atom. The molecule has 188 valence electrons. The van der Waals surface area contributed by atoms with Crippen LogP contribution >= 0.6 is 0 Å². The van der Waals surface area contributed by atoms with Crippen LogP contribution < -0.4 is 14.4 Å². The van der Waals surface area contributed by atoms with Crippen molar-refractivity contribution in [3.8, 4) is 22.6 Å². The van der Waals surface area contributed by atoms with Crippen molar-refractivity contribution in [3.63, 3.8) is 0 Å². The van der Waals surface area contributed by atoms with Crippen molar-refractivity contribution in [2.24, 2.45) is 5.41 Å². The van der Waals surface area contributed by atoms with Crippen molar-refractivity contribution >= 4 is 11.8 Å². The molecule has 0 aliphatic carbocycles. The number of amides is 1. The van der Waals surface area contributed by atoms with Gasteiger partial charge in [0, 0.05) is 25.0 Å². The van der Waals surface area contributed by atoms with E-state index < -0.39 is 17.8 Å². The second-order valence-corrected chi connectivity index (χ2v) is 10.6. The third-order valence-corrected chi connectivity index (χ3v) is 7.54. The second kappa shape index (κ2) is 7.96. The van der Waals surface area contributed by atoms with Gasteiger partial charge in [-0.3, -0.25) is 0 Å². The Morgan fingerprint density at radius 1 is 1.17 bits per heavy atom. The first-order chi connectivity index (χ1) is 16.4. The molecule has 1 fully saturated rings. The highest BCUT2D eigenvalue weighted by Gasteiger charge is 2.51. The van der Waals surface area contributed by atoms with Gasteiger partial charge < -0.3 is 24.4 Å². The number of carboxylic acid groups (broad SMARTS) is 1. The molecule has 2 aromatic carbocycles. The minimum Gasteiger partial charge on any atom is -0.497 e. The Labute approximate surface area is 202 Å². The van der Waals surface area contributed by atoms with Gasteiger partial charge in [0.15, 0.2) is 0 Å². The van der Waals surface area contributed by atoms with Crippen LogP contribution in [-0.4, -0.2) is 55.0 Å². The molecule has 0 spiro atoms. The van der Waals surface area contributed by atoms with E-state index in [2.05, 4.69) is 25.7 Å². The topological polar surface area (TPSA) is 62.2 Å². The number of benzene rings is 2. The van der Waals surface area contributed by atoms with Gasteiger partial charge >= 0.3 is 12.3 Å². The van der Waals surface area contributed by atoms with E-state index in [-0.39, 0.29) is 34.7 Å². The van der Waals surface area contributed by atoms with Crippen LogP contribution in [0.1, 0.15) is 44.2 Å². The number of hydrogen-bond donors (Lipinski definition) is 1. The Kier molecular flexibility index (Phi) is 5.38. The van der Waals surface area contributed by atoms with Crippen molar-refractivity contribution in [1.82, 2.24) is 4.90 Å². The van der Waals surface area contributed by atoms with Gasteiger partial charge in [-0.1, -0.05) is 26.8 Å². The average Bonchev–Trinajstić information content (AvgIpc) is 3.12. The number of likely N-dealkylation sites (tertiary alicyclic amines) is 1. The summed E-state index contributed by atoms with van der Waals surface area (Å²) in [6.07, 6.45) is -4.89. The second-order valence-electron chi connectivity index (χ2n) is 10.6. The number of nitrogens with zero attached hydrogens (tertiary/aromatic N) is 2. The zero-order chi connectivity index (χ0) is 25.3. The number of fused-ring (bicyclic) bond motifs is 3. The number of halogens is 3. The first kappa shape index (κ1) is 23.6. The molecule has 5 rings (SSSR count). The third kappa shape index (κ3) is 3.85. The fraction of sp³-hybridized carbons (Fsp3) is 0.500. The van der Waals surface area contributed by atoms with E-state index in [0.29, 0.717) is 37.4 Å². The minimum absolute atomic E-state index is 0.0415. The van der Waals surface area contributed by atoms with Crippen LogP contribution in [0.15, 0.2) is 30.3 Å². The lowest BCUT2D eigenvalue weighted by atomic mass is 9.83. The summed E-state index contributed by atoms with van der Waals surface area (Å²) in [6, 6.07) is 7.57. The monoisotopic (exact) mass is 490 g/mol. The number of rotatable bonds is 2. The molecule has 3 heterocycles. The highest BCUT2D eigenvalue weighted by Crippen LogP contribution is 2.55. The minimum atomic E-state index is -4.57. The lowest BCUT2D eigenvalue weighted by Crippen LogP contribution is -2.56. The quantitative estimate of drug-likeness (QED) is 0.573. The third-order valence-electron chi connectivity index (χ3n) is 7.54. The van der Waals surface area contributed by atoms with Gasteiger partial charge in [0.2, 0.25) is 0 Å². The van der Waals surface area contributed by atoms with E-state index in [0.717, 1.165) is 17.3 Å². The Balaban J connectivity index is 1.69. The molecule has 3 aliphatic rings. The predicted molar refractivity (Wildman–Crippen MR) is 125 cm³/mol. The maximum atomic E-state index is 14.0. The highest BCUT2D eigenvalue weighted by molar-refractivity contribution is 5.81. The molecular weight excluding hydrogens is 461 g/mol. The number of methoxy groups -OCH3 is 1. The number of ether oxygens (including phenoxy) is 2. The predicted octanol–water partition coefficient (Wildman–Crippen LogP) is 5.84. The number of hydrogen-bond acceptors (Lipinski definition) is 4. The molecule has 9 heteroatoms. The van der Waals surface area contributed by atoms with E-state index in [9.17, 15) is 23.1 Å². The Morgan fingerprint density at radius 3 is 2.54 bits per heavy atom. The van der Waals surface area contributed by atoms with Crippen molar-refractivity contribution in [1.29, 1.82) is 0 Å². The van der Waals surface area contributed by atoms with E-state index in [1.54, 1.807) is 12.1 Å². The zero-order valence-electron chi connectivity index (χ0n) is 20.1. The molecule has 1 N–H and O–H groups in total. The van der Waals surface area contributed by atoms with Crippen molar-refractivity contribution in [3.05, 3.63) is 41.5 Å². The van der Waals surface area contributed by atoms with Gasteiger partial charge in [-0.25, -0.2) is 4.79 Å². The molecule has 3 aliphatic heterocycles. The lowest BCUT2D eigenvalue weighted by Gasteiger charge is -2.48. The summed E-state index contributed by atoms with van der Waals surface area (Å²) in [6.45, 7) is 7.59. The Bertz CT molecular complexity index is 1170. The van der Waals surface area contributed by atoms with Crippen LogP contribution in [0.5, 0.6) is 11.5 Å². The van der Waals surface area contributed by atoms with Crippen LogP contribution in [-0.2, 0) is 6.18 Å². The van der Waals surface area contributed by atoms with Gasteiger partial charge in [0.25, 0.3) is 0 Å². The number of piperidine rings is 1. The molecule has 3 atom stereocenters. The molecule has 0 radical (unpaired) electrons. The largest absolute Gasteiger partial charge is 0.497 e. The van der Waals surface area contributed by atoms with Gasteiger partial charge in [0.05, 0.1) is 24.4 Å². The van der Waals surface area contributed by atoms with Gasteiger partial charge in [-0.15, -0.1) is 0 Å². The maximum Gasteiger partial charge on any atom is 0.417 e. The van der Waals surface area contributed by atoms with Crippen LogP contribution in [0, 0.1) is 5.41 Å². The molecule has 0 bridgehead atoms. The SMILES string of the molecule is COc1ccc(-c2cc3c4c(c2)[C@@H]2CN(C(=O)O)CC[C@@H]2N4C(C(C)(C)C)CO3)c(C(F)(F)F)c1. The van der Waals surface area contributed by atoms with E-state index in [1.165, 1.54) is 24.1 Å². The molecule has 35 heavy (non-hydrogen) atoms. The molecular formula is C26H29F3N2O4. The van der Waals surface area contributed by atoms with Crippen LogP contribution in [0.3, 0.4) is 0 Å². The molecule has 0 aromatic heterocycles. The van der Waals surface area contributed by atoms with Crippen molar-refractivity contribution in [2.45, 2.75) is 51.4 Å². The summed E-state index contributed by atoms with van der Waals surface area (Å²) < 4.78 is 53.2. The summed E-state index contributed by atoms with van der Waals surface area (Å²) in [4.78, 5) is 15.5. The van der Waals surface area contributed by atoms with Crippen molar-refractivity contribution < 1.29 is 32.5 Å². The molecule has 0 saturated carbocycles. The fourth-order valence-corrected chi connectivity index (χ4v) is 5.81. The van der Waals surface area contributed by atoms with Gasteiger partial charge in [-0.05, 0) is 52.8 Å². The van der Waals surface area contributed by atoms with E-state index in [1.807, 2.05) is 0 Å². The van der Waals surface area contributed by atoms with Gasteiger partial charge in [0.1, 0.15) is 18.1 Å². The summed E-state index contributed by atoms with van der Waals surface area (Å²) in [5, 5.41) is 9.64.